The van der Waals surface area contributed by atoms with E-state index in [1.54, 1.807) is 0 Å². The molecule has 0 bridgehead atoms. The molecule has 1 atom stereocenters. The molecule has 3 nitrogen and oxygen atoms in total. The average molecular weight is 216 g/mol. The maximum absolute atomic E-state index is 4.16. The number of rotatable bonds is 4. The van der Waals surface area contributed by atoms with Gasteiger partial charge in [-0.1, -0.05) is 30.3 Å². The topological polar surface area (TPSA) is 34.4 Å². The van der Waals surface area contributed by atoms with Crippen LogP contribution in [-0.4, -0.2) is 9.78 Å². The van der Waals surface area contributed by atoms with Gasteiger partial charge in [0, 0.05) is 18.8 Å². The van der Waals surface area contributed by atoms with Gasteiger partial charge in [-0.3, -0.25) is 4.68 Å². The Morgan fingerprint density at radius 3 is 2.62 bits per heavy atom. The lowest BCUT2D eigenvalue weighted by Crippen LogP contribution is -2.83. The van der Waals surface area contributed by atoms with Crippen LogP contribution in [0.15, 0.2) is 42.6 Å². The Bertz CT molecular complexity index is 433. The lowest BCUT2D eigenvalue weighted by Gasteiger charge is -2.10. The van der Waals surface area contributed by atoms with Gasteiger partial charge in [0.05, 0.1) is 5.69 Å². The second-order valence-electron chi connectivity index (χ2n) is 4.09. The number of nitrogens with two attached hydrogens (primary N) is 1. The second-order valence-corrected chi connectivity index (χ2v) is 4.09. The van der Waals surface area contributed by atoms with E-state index in [4.69, 9.17) is 0 Å². The molecule has 2 rings (SSSR count). The van der Waals surface area contributed by atoms with Crippen molar-refractivity contribution in [1.29, 1.82) is 0 Å². The van der Waals surface area contributed by atoms with E-state index in [0.29, 0.717) is 6.04 Å². The van der Waals surface area contributed by atoms with E-state index in [1.807, 2.05) is 17.9 Å². The highest BCUT2D eigenvalue weighted by atomic mass is 15.3. The minimum Gasteiger partial charge on any atom is -0.335 e. The quantitative estimate of drug-likeness (QED) is 0.820. The predicted octanol–water partition coefficient (Wildman–Crippen LogP) is 1.24. The lowest BCUT2D eigenvalue weighted by molar-refractivity contribution is -0.708. The molecule has 0 aliphatic rings. The van der Waals surface area contributed by atoms with Crippen molar-refractivity contribution in [3.8, 4) is 0 Å². The van der Waals surface area contributed by atoms with Crippen LogP contribution in [0.5, 0.6) is 0 Å². The fourth-order valence-electron chi connectivity index (χ4n) is 1.79. The van der Waals surface area contributed by atoms with Crippen molar-refractivity contribution >= 4 is 0 Å². The molecule has 0 saturated carbocycles. The molecule has 0 unspecified atom stereocenters. The first kappa shape index (κ1) is 10.9. The summed E-state index contributed by atoms with van der Waals surface area (Å²) in [6.45, 7) is 3.19. The third-order valence-electron chi connectivity index (χ3n) is 2.93. The zero-order valence-electron chi connectivity index (χ0n) is 9.80. The van der Waals surface area contributed by atoms with Crippen molar-refractivity contribution in [1.82, 2.24) is 9.78 Å². The van der Waals surface area contributed by atoms with Crippen LogP contribution in [0.4, 0.5) is 0 Å². The van der Waals surface area contributed by atoms with Crippen LogP contribution in [0.2, 0.25) is 0 Å². The molecule has 84 valence electrons. The van der Waals surface area contributed by atoms with E-state index in [0.717, 1.165) is 6.54 Å². The number of quaternary nitrogens is 1. The van der Waals surface area contributed by atoms with Gasteiger partial charge < -0.3 is 5.32 Å². The number of aromatic nitrogens is 2. The molecule has 0 spiro atoms. The Morgan fingerprint density at radius 1 is 1.25 bits per heavy atom. The molecule has 0 amide bonds. The summed E-state index contributed by atoms with van der Waals surface area (Å²) in [7, 11) is 1.98. The van der Waals surface area contributed by atoms with Crippen LogP contribution in [0, 0.1) is 0 Å². The molecular weight excluding hydrogens is 198 g/mol. The third-order valence-corrected chi connectivity index (χ3v) is 2.93. The summed E-state index contributed by atoms with van der Waals surface area (Å²) >= 11 is 0. The van der Waals surface area contributed by atoms with Crippen LogP contribution in [0.3, 0.4) is 0 Å². The Morgan fingerprint density at radius 2 is 2.00 bits per heavy atom. The zero-order valence-corrected chi connectivity index (χ0v) is 9.80. The molecule has 0 aliphatic carbocycles. The molecular formula is C13H18N3+. The predicted molar refractivity (Wildman–Crippen MR) is 63.7 cm³/mol. The number of aryl methyl sites for hydroxylation is 1. The van der Waals surface area contributed by atoms with Crippen molar-refractivity contribution in [3.05, 3.63) is 53.9 Å². The first-order valence-corrected chi connectivity index (χ1v) is 5.62. The van der Waals surface area contributed by atoms with E-state index >= 15 is 0 Å². The maximum atomic E-state index is 4.16. The van der Waals surface area contributed by atoms with Crippen LogP contribution in [-0.2, 0) is 13.6 Å². The van der Waals surface area contributed by atoms with E-state index in [2.05, 4.69) is 53.7 Å². The summed E-state index contributed by atoms with van der Waals surface area (Å²) in [6.07, 6.45) is 1.84. The summed E-state index contributed by atoms with van der Waals surface area (Å²) in [5.41, 5.74) is 2.62. The minimum absolute atomic E-state index is 0.482. The van der Waals surface area contributed by atoms with Crippen LogP contribution in [0.25, 0.3) is 0 Å². The Labute approximate surface area is 96.1 Å². The summed E-state index contributed by atoms with van der Waals surface area (Å²) < 4.78 is 1.92. The Kier molecular flexibility index (Phi) is 3.37. The molecule has 2 N–H and O–H groups in total. The molecule has 1 aromatic carbocycles. The average Bonchev–Trinajstić information content (AvgIpc) is 2.73. The number of hydrogen-bond donors (Lipinski definition) is 1. The van der Waals surface area contributed by atoms with Gasteiger partial charge in [0.2, 0.25) is 0 Å². The third kappa shape index (κ3) is 2.49. The molecule has 1 heterocycles. The second kappa shape index (κ2) is 4.94. The van der Waals surface area contributed by atoms with Crippen molar-refractivity contribution in [2.45, 2.75) is 19.5 Å². The molecule has 0 fully saturated rings. The first-order valence-electron chi connectivity index (χ1n) is 5.62. The number of benzene rings is 1. The van der Waals surface area contributed by atoms with Crippen LogP contribution in [0.1, 0.15) is 24.2 Å². The van der Waals surface area contributed by atoms with Crippen LogP contribution >= 0.6 is 0 Å². The highest BCUT2D eigenvalue weighted by Gasteiger charge is 2.08. The highest BCUT2D eigenvalue weighted by molar-refractivity contribution is 5.16. The van der Waals surface area contributed by atoms with E-state index < -0.39 is 0 Å². The molecule has 0 radical (unpaired) electrons. The summed E-state index contributed by atoms with van der Waals surface area (Å²) in [5, 5.41) is 6.49. The van der Waals surface area contributed by atoms with Gasteiger partial charge in [-0.05, 0) is 13.0 Å². The SMILES string of the molecule is C[C@H]([NH2+]Cc1ccnn1C)c1ccccc1. The highest BCUT2D eigenvalue weighted by Crippen LogP contribution is 2.06. The standard InChI is InChI=1S/C13H17N3/c1-11(12-6-4-3-5-7-12)14-10-13-8-9-15-16(13)2/h3-9,11,14H,10H2,1-2H3/p+1/t11-/m0/s1. The smallest absolute Gasteiger partial charge is 0.119 e. The monoisotopic (exact) mass is 216 g/mol. The molecule has 16 heavy (non-hydrogen) atoms. The van der Waals surface area contributed by atoms with Gasteiger partial charge in [-0.25, -0.2) is 0 Å². The normalized spacial score (nSPS) is 12.6. The summed E-state index contributed by atoms with van der Waals surface area (Å²) in [5.74, 6) is 0. The fourth-order valence-corrected chi connectivity index (χ4v) is 1.79. The molecule has 0 aliphatic heterocycles. The Hall–Kier alpha value is -1.61. The van der Waals surface area contributed by atoms with Crippen molar-refractivity contribution in [3.63, 3.8) is 0 Å². The van der Waals surface area contributed by atoms with Crippen LogP contribution < -0.4 is 5.32 Å². The van der Waals surface area contributed by atoms with Crippen molar-refractivity contribution in [2.75, 3.05) is 0 Å². The number of hydrogen-bond acceptors (Lipinski definition) is 1. The zero-order chi connectivity index (χ0) is 11.4. The first-order chi connectivity index (χ1) is 7.77. The lowest BCUT2D eigenvalue weighted by atomic mass is 10.1. The number of nitrogens with zero attached hydrogens (tertiary/aromatic N) is 2. The van der Waals surface area contributed by atoms with Gasteiger partial charge in [-0.2, -0.15) is 5.10 Å². The van der Waals surface area contributed by atoms with Gasteiger partial charge >= 0.3 is 0 Å². The molecule has 1 aromatic heterocycles. The van der Waals surface area contributed by atoms with Gasteiger partial charge in [0.25, 0.3) is 0 Å². The molecule has 2 aromatic rings. The van der Waals surface area contributed by atoms with Gasteiger partial charge in [-0.15, -0.1) is 0 Å². The molecule has 0 saturated heterocycles. The minimum atomic E-state index is 0.482. The maximum Gasteiger partial charge on any atom is 0.119 e. The van der Waals surface area contributed by atoms with E-state index in [9.17, 15) is 0 Å². The summed E-state index contributed by atoms with van der Waals surface area (Å²) in [4.78, 5) is 0. The van der Waals surface area contributed by atoms with E-state index in [1.165, 1.54) is 11.3 Å². The van der Waals surface area contributed by atoms with Crippen molar-refractivity contribution < 1.29 is 5.32 Å². The molecule has 3 heteroatoms. The van der Waals surface area contributed by atoms with Crippen molar-refractivity contribution in [2.24, 2.45) is 7.05 Å². The largest absolute Gasteiger partial charge is 0.335 e. The van der Waals surface area contributed by atoms with E-state index in [-0.39, 0.29) is 0 Å². The summed E-state index contributed by atoms with van der Waals surface area (Å²) in [6, 6.07) is 13.1. The Balaban J connectivity index is 1.94. The van der Waals surface area contributed by atoms with Gasteiger partial charge in [0.1, 0.15) is 12.6 Å². The fraction of sp³-hybridized carbons (Fsp3) is 0.308. The van der Waals surface area contributed by atoms with Gasteiger partial charge in [0.15, 0.2) is 0 Å².